The van der Waals surface area contributed by atoms with Crippen molar-refractivity contribution in [3.05, 3.63) is 32.2 Å². The molecule has 0 aromatic heterocycles. The van der Waals surface area contributed by atoms with Crippen LogP contribution in [0.3, 0.4) is 0 Å². The molecule has 10 heteroatoms. The van der Waals surface area contributed by atoms with Crippen molar-refractivity contribution in [3.8, 4) is 0 Å². The van der Waals surface area contributed by atoms with E-state index in [1.54, 1.807) is 0 Å². The summed E-state index contributed by atoms with van der Waals surface area (Å²) in [4.78, 5) is 2.90. The average molecular weight is 306 g/mol. The van der Waals surface area contributed by atoms with Gasteiger partial charge in [0, 0.05) is 0 Å². The number of hydrogen-bond donors (Lipinski definition) is 1. The van der Waals surface area contributed by atoms with E-state index in [-0.39, 0.29) is 10.7 Å². The second kappa shape index (κ2) is 6.20. The third-order valence-corrected chi connectivity index (χ3v) is 2.12. The van der Waals surface area contributed by atoms with Gasteiger partial charge in [0.1, 0.15) is 5.02 Å². The molecule has 0 aliphatic rings. The van der Waals surface area contributed by atoms with E-state index in [0.29, 0.717) is 10.0 Å². The maximum absolute atomic E-state index is 8.63. The monoisotopic (exact) mass is 304 g/mol. The van der Waals surface area contributed by atoms with Crippen LogP contribution in [0, 0.1) is 5.39 Å². The standard InChI is InChI=1S/C6H2Cl3N2.H2O4S/c7-3-1-5(9)6(11-10)2-4(3)8;1-5(2,3)4/h1-2H;(H2,1,2,3,4)/q+1;/p-1. The van der Waals surface area contributed by atoms with Gasteiger partial charge in [-0.05, 0) is 6.07 Å². The van der Waals surface area contributed by atoms with E-state index < -0.39 is 10.4 Å². The lowest BCUT2D eigenvalue weighted by molar-refractivity contribution is 0.366. The second-order valence-electron chi connectivity index (χ2n) is 2.25. The van der Waals surface area contributed by atoms with E-state index in [9.17, 15) is 0 Å². The average Bonchev–Trinajstić information content (AvgIpc) is 2.08. The van der Waals surface area contributed by atoms with Crippen molar-refractivity contribution in [3.63, 3.8) is 0 Å². The third kappa shape index (κ3) is 6.79. The lowest BCUT2D eigenvalue weighted by atomic mass is 10.3. The molecule has 0 fully saturated rings. The van der Waals surface area contributed by atoms with Crippen LogP contribution in [-0.2, 0) is 10.4 Å². The molecule has 0 saturated carbocycles. The molecule has 1 aromatic rings. The van der Waals surface area contributed by atoms with Crippen molar-refractivity contribution in [1.29, 1.82) is 5.39 Å². The van der Waals surface area contributed by atoms with Crippen LogP contribution in [0.2, 0.25) is 15.1 Å². The molecule has 1 aromatic carbocycles. The minimum absolute atomic E-state index is 0.209. The van der Waals surface area contributed by atoms with Crippen molar-refractivity contribution >= 4 is 50.9 Å². The summed E-state index contributed by atoms with van der Waals surface area (Å²) in [6.45, 7) is 0. The van der Waals surface area contributed by atoms with Gasteiger partial charge >= 0.3 is 5.69 Å². The van der Waals surface area contributed by atoms with Crippen molar-refractivity contribution in [1.82, 2.24) is 0 Å². The Balaban J connectivity index is 0.000000385. The van der Waals surface area contributed by atoms with E-state index in [4.69, 9.17) is 57.7 Å². The van der Waals surface area contributed by atoms with Crippen LogP contribution in [0.5, 0.6) is 0 Å². The molecule has 0 atom stereocenters. The number of rotatable bonds is 0. The number of benzene rings is 1. The largest absolute Gasteiger partial charge is 0.726 e. The Bertz CT molecular complexity index is 517. The Kier molecular flexibility index (Phi) is 5.96. The molecule has 0 aliphatic heterocycles. The number of halogens is 3. The van der Waals surface area contributed by atoms with E-state index in [0.717, 1.165) is 0 Å². The van der Waals surface area contributed by atoms with Crippen molar-refractivity contribution in [2.45, 2.75) is 0 Å². The SMILES string of the molecule is N#[N+]c1cc(Cl)c(Cl)cc1Cl.O=S(=O)([O-])O. The highest BCUT2D eigenvalue weighted by Crippen LogP contribution is 2.33. The summed E-state index contributed by atoms with van der Waals surface area (Å²) in [5.74, 6) is 0. The highest BCUT2D eigenvalue weighted by atomic mass is 35.5. The topological polar surface area (TPSA) is 106 Å². The van der Waals surface area contributed by atoms with Crippen LogP contribution in [0.1, 0.15) is 0 Å². The molecule has 0 heterocycles. The minimum Gasteiger partial charge on any atom is -0.726 e. The van der Waals surface area contributed by atoms with Crippen LogP contribution >= 0.6 is 34.8 Å². The number of diazo groups is 1. The molecule has 88 valence electrons. The Morgan fingerprint density at radius 3 is 1.94 bits per heavy atom. The first-order valence-electron chi connectivity index (χ1n) is 3.33. The fourth-order valence-electron chi connectivity index (χ4n) is 0.589. The summed E-state index contributed by atoms with van der Waals surface area (Å²) in [6.07, 6.45) is 0. The van der Waals surface area contributed by atoms with E-state index >= 15 is 0 Å². The van der Waals surface area contributed by atoms with Gasteiger partial charge in [-0.1, -0.05) is 34.8 Å². The third-order valence-electron chi connectivity index (χ3n) is 1.10. The van der Waals surface area contributed by atoms with Gasteiger partial charge in [0.05, 0.1) is 16.1 Å². The molecule has 1 rings (SSSR count). The maximum atomic E-state index is 8.63. The zero-order valence-corrected chi connectivity index (χ0v) is 10.3. The molecular formula is C6H3Cl3N2O4S. The van der Waals surface area contributed by atoms with Crippen molar-refractivity contribution < 1.29 is 17.5 Å². The van der Waals surface area contributed by atoms with Gasteiger partial charge in [-0.25, -0.2) is 8.42 Å². The Morgan fingerprint density at radius 2 is 1.56 bits per heavy atom. The number of nitrogens with zero attached hydrogens (tertiary/aromatic N) is 2. The minimum atomic E-state index is -4.92. The molecule has 0 bridgehead atoms. The molecule has 0 spiro atoms. The smallest absolute Gasteiger partial charge is 0.404 e. The molecule has 0 saturated heterocycles. The second-order valence-corrected chi connectivity index (χ2v) is 4.32. The molecule has 0 aliphatic carbocycles. The maximum Gasteiger partial charge on any atom is 0.404 e. The molecule has 1 N–H and O–H groups in total. The Labute approximate surface area is 106 Å². The van der Waals surface area contributed by atoms with Crippen LogP contribution in [0.4, 0.5) is 5.69 Å². The molecule has 0 radical (unpaired) electrons. The number of hydrogen-bond acceptors (Lipinski definition) is 4. The predicted octanol–water partition coefficient (Wildman–Crippen LogP) is 3.14. The van der Waals surface area contributed by atoms with Crippen molar-refractivity contribution in [2.75, 3.05) is 0 Å². The molecule has 16 heavy (non-hydrogen) atoms. The van der Waals surface area contributed by atoms with Crippen LogP contribution in [0.25, 0.3) is 4.98 Å². The van der Waals surface area contributed by atoms with E-state index in [2.05, 4.69) is 4.98 Å². The molecule has 0 amide bonds. The van der Waals surface area contributed by atoms with E-state index in [1.807, 2.05) is 0 Å². The summed E-state index contributed by atoms with van der Waals surface area (Å²) in [5, 5.41) is 9.28. The van der Waals surface area contributed by atoms with Gasteiger partial charge in [-0.2, -0.15) is 0 Å². The van der Waals surface area contributed by atoms with Crippen LogP contribution in [-0.4, -0.2) is 17.5 Å². The fourth-order valence-corrected chi connectivity index (χ4v) is 1.17. The summed E-state index contributed by atoms with van der Waals surface area (Å²) < 4.78 is 32.8. The summed E-state index contributed by atoms with van der Waals surface area (Å²) in [5.41, 5.74) is 0.209. The lowest BCUT2D eigenvalue weighted by Gasteiger charge is -1.90. The van der Waals surface area contributed by atoms with Crippen LogP contribution < -0.4 is 0 Å². The summed E-state index contributed by atoms with van der Waals surface area (Å²) in [7, 11) is -4.92. The normalized spacial score (nSPS) is 10.0. The Hall–Kier alpha value is -0.620. The molecular weight excluding hydrogens is 303 g/mol. The van der Waals surface area contributed by atoms with Gasteiger partial charge < -0.3 is 4.55 Å². The highest BCUT2D eigenvalue weighted by molar-refractivity contribution is 7.79. The fraction of sp³-hybridized carbons (Fsp3) is 0. The van der Waals surface area contributed by atoms with Gasteiger partial charge in [0.2, 0.25) is 15.8 Å². The summed E-state index contributed by atoms with van der Waals surface area (Å²) in [6, 6.07) is 2.80. The van der Waals surface area contributed by atoms with Gasteiger partial charge in [-0.15, -0.1) is 0 Å². The zero-order valence-electron chi connectivity index (χ0n) is 7.26. The highest BCUT2D eigenvalue weighted by Gasteiger charge is 2.14. The zero-order chi connectivity index (χ0) is 12.9. The van der Waals surface area contributed by atoms with Crippen molar-refractivity contribution in [2.24, 2.45) is 0 Å². The van der Waals surface area contributed by atoms with Gasteiger partial charge in [0.25, 0.3) is 0 Å². The molecule has 0 unspecified atom stereocenters. The predicted molar refractivity (Wildman–Crippen MR) is 58.5 cm³/mol. The van der Waals surface area contributed by atoms with Gasteiger partial charge in [0.15, 0.2) is 4.98 Å². The van der Waals surface area contributed by atoms with Gasteiger partial charge in [-0.3, -0.25) is 4.55 Å². The first-order chi connectivity index (χ1) is 7.15. The first-order valence-corrected chi connectivity index (χ1v) is 5.83. The van der Waals surface area contributed by atoms with E-state index in [1.165, 1.54) is 12.1 Å². The van der Waals surface area contributed by atoms with Crippen LogP contribution in [0.15, 0.2) is 12.1 Å². The lowest BCUT2D eigenvalue weighted by Crippen LogP contribution is -1.90. The first kappa shape index (κ1) is 15.4. The Morgan fingerprint density at radius 1 is 1.19 bits per heavy atom. The quantitative estimate of drug-likeness (QED) is 0.343. The summed E-state index contributed by atoms with van der Waals surface area (Å²) >= 11 is 16.8. The molecule has 6 nitrogen and oxygen atoms in total.